The molecule has 0 spiro atoms. The van der Waals surface area contributed by atoms with E-state index in [1.54, 1.807) is 7.11 Å². The first-order chi connectivity index (χ1) is 14.6. The Hall–Kier alpha value is -3.02. The minimum atomic E-state index is -0.560. The molecule has 0 aromatic heterocycles. The number of ether oxygens (including phenoxy) is 2. The maximum Gasteiger partial charge on any atom is 0.245 e. The number of hydrogen-bond donors (Lipinski definition) is 1. The third-order valence-corrected chi connectivity index (χ3v) is 5.87. The van der Waals surface area contributed by atoms with Gasteiger partial charge in [0.15, 0.2) is 0 Å². The highest BCUT2D eigenvalue weighted by molar-refractivity contribution is 5.89. The highest BCUT2D eigenvalue weighted by Gasteiger charge is 2.32. The average Bonchev–Trinajstić information content (AvgIpc) is 3.33. The first-order valence-electron chi connectivity index (χ1n) is 10.6. The van der Waals surface area contributed by atoms with Crippen LogP contribution in [0.1, 0.15) is 24.0 Å². The molecule has 0 aliphatic carbocycles. The van der Waals surface area contributed by atoms with Crippen LogP contribution in [0, 0.1) is 5.92 Å². The number of fused-ring (bicyclic) bond motifs is 1. The summed E-state index contributed by atoms with van der Waals surface area (Å²) in [5.74, 6) is 1.04. The van der Waals surface area contributed by atoms with Gasteiger partial charge in [-0.15, -0.1) is 0 Å². The molecule has 30 heavy (non-hydrogen) atoms. The van der Waals surface area contributed by atoms with E-state index in [9.17, 15) is 9.59 Å². The topological polar surface area (TPSA) is 67.9 Å². The highest BCUT2D eigenvalue weighted by atomic mass is 16.5. The van der Waals surface area contributed by atoms with Gasteiger partial charge in [-0.2, -0.15) is 0 Å². The second-order valence-corrected chi connectivity index (χ2v) is 7.97. The molecular weight excluding hydrogens is 380 g/mol. The number of amides is 2. The van der Waals surface area contributed by atoms with Gasteiger partial charge < -0.3 is 19.7 Å². The van der Waals surface area contributed by atoms with Crippen LogP contribution in [0.15, 0.2) is 48.5 Å². The summed E-state index contributed by atoms with van der Waals surface area (Å²) < 4.78 is 11.1. The van der Waals surface area contributed by atoms with E-state index in [2.05, 4.69) is 5.32 Å². The van der Waals surface area contributed by atoms with E-state index in [-0.39, 0.29) is 17.7 Å². The van der Waals surface area contributed by atoms with Crippen molar-refractivity contribution in [3.8, 4) is 11.5 Å². The van der Waals surface area contributed by atoms with Crippen LogP contribution in [0.4, 0.5) is 0 Å². The molecule has 2 atom stereocenters. The molecule has 158 valence electrons. The monoisotopic (exact) mass is 408 g/mol. The number of rotatable bonds is 6. The standard InChI is InChI=1S/C24H28N2O4/c1-29-20-10-9-18-14-19(16-30-22(18)15-20)23(27)25-21(13-17-7-3-2-4-8-17)24(28)26-11-5-6-12-26/h2-4,7-10,15,19,21H,5-6,11-14,16H2,1H3,(H,25,27). The van der Waals surface area contributed by atoms with Crippen molar-refractivity contribution in [2.24, 2.45) is 5.92 Å². The van der Waals surface area contributed by atoms with Gasteiger partial charge in [0.25, 0.3) is 0 Å². The fourth-order valence-electron chi connectivity index (χ4n) is 4.15. The van der Waals surface area contributed by atoms with Gasteiger partial charge in [-0.1, -0.05) is 36.4 Å². The fraction of sp³-hybridized carbons (Fsp3) is 0.417. The van der Waals surface area contributed by atoms with Crippen molar-refractivity contribution < 1.29 is 19.1 Å². The largest absolute Gasteiger partial charge is 0.497 e. The van der Waals surface area contributed by atoms with Crippen LogP contribution in [0.3, 0.4) is 0 Å². The van der Waals surface area contributed by atoms with Crippen molar-refractivity contribution in [1.29, 1.82) is 0 Å². The normalized spacial score (nSPS) is 18.8. The zero-order valence-corrected chi connectivity index (χ0v) is 17.3. The van der Waals surface area contributed by atoms with E-state index < -0.39 is 6.04 Å². The molecule has 6 nitrogen and oxygen atoms in total. The molecule has 0 saturated carbocycles. The summed E-state index contributed by atoms with van der Waals surface area (Å²) in [5.41, 5.74) is 2.01. The Balaban J connectivity index is 1.46. The van der Waals surface area contributed by atoms with Crippen molar-refractivity contribution >= 4 is 11.8 Å². The summed E-state index contributed by atoms with van der Waals surface area (Å²) in [7, 11) is 1.62. The predicted octanol–water partition coefficient (Wildman–Crippen LogP) is 2.60. The quantitative estimate of drug-likeness (QED) is 0.798. The molecule has 2 unspecified atom stereocenters. The summed E-state index contributed by atoms with van der Waals surface area (Å²) in [5, 5.41) is 3.03. The average molecular weight is 408 g/mol. The van der Waals surface area contributed by atoms with Gasteiger partial charge in [0.1, 0.15) is 24.1 Å². The molecule has 2 aromatic rings. The van der Waals surface area contributed by atoms with Gasteiger partial charge in [0, 0.05) is 25.6 Å². The smallest absolute Gasteiger partial charge is 0.245 e. The van der Waals surface area contributed by atoms with Crippen molar-refractivity contribution in [3.05, 3.63) is 59.7 Å². The predicted molar refractivity (Wildman–Crippen MR) is 114 cm³/mol. The number of carbonyl (C=O) groups is 2. The van der Waals surface area contributed by atoms with Crippen LogP contribution < -0.4 is 14.8 Å². The molecule has 1 fully saturated rings. The summed E-state index contributed by atoms with van der Waals surface area (Å²) in [6.07, 6.45) is 3.12. The highest BCUT2D eigenvalue weighted by Crippen LogP contribution is 2.31. The first-order valence-corrected chi connectivity index (χ1v) is 10.6. The number of nitrogens with zero attached hydrogens (tertiary/aromatic N) is 1. The molecule has 2 aliphatic heterocycles. The summed E-state index contributed by atoms with van der Waals surface area (Å²) in [4.78, 5) is 28.0. The van der Waals surface area contributed by atoms with Gasteiger partial charge in [-0.25, -0.2) is 0 Å². The SMILES string of the molecule is COc1ccc2c(c1)OCC(C(=O)NC(Cc1ccccc1)C(=O)N1CCCC1)C2. The third-order valence-electron chi connectivity index (χ3n) is 5.87. The van der Waals surface area contributed by atoms with E-state index in [1.165, 1.54) is 0 Å². The lowest BCUT2D eigenvalue weighted by molar-refractivity contribution is -0.137. The van der Waals surface area contributed by atoms with E-state index in [1.807, 2.05) is 53.4 Å². The molecule has 1 saturated heterocycles. The van der Waals surface area contributed by atoms with Crippen molar-refractivity contribution in [3.63, 3.8) is 0 Å². The van der Waals surface area contributed by atoms with Crippen molar-refractivity contribution in [2.45, 2.75) is 31.7 Å². The minimum absolute atomic E-state index is 0.00608. The zero-order valence-electron chi connectivity index (χ0n) is 17.3. The molecule has 6 heteroatoms. The lowest BCUT2D eigenvalue weighted by Crippen LogP contribution is -2.51. The number of nitrogens with one attached hydrogen (secondary N) is 1. The molecule has 0 radical (unpaired) electrons. The summed E-state index contributed by atoms with van der Waals surface area (Å²) in [6.45, 7) is 1.82. The van der Waals surface area contributed by atoms with Gasteiger partial charge in [-0.05, 0) is 36.5 Å². The zero-order chi connectivity index (χ0) is 20.9. The maximum atomic E-state index is 13.1. The van der Waals surface area contributed by atoms with Gasteiger partial charge in [0.2, 0.25) is 11.8 Å². The van der Waals surface area contributed by atoms with Crippen LogP contribution in [0.5, 0.6) is 11.5 Å². The first kappa shape index (κ1) is 20.3. The van der Waals surface area contributed by atoms with Crippen LogP contribution in [-0.4, -0.2) is 49.6 Å². The Morgan fingerprint density at radius 1 is 1.17 bits per heavy atom. The van der Waals surface area contributed by atoms with Crippen LogP contribution in [0.25, 0.3) is 0 Å². The molecule has 2 amide bonds. The van der Waals surface area contributed by atoms with Gasteiger partial charge >= 0.3 is 0 Å². The van der Waals surface area contributed by atoms with E-state index >= 15 is 0 Å². The molecule has 4 rings (SSSR count). The second-order valence-electron chi connectivity index (χ2n) is 7.97. The summed E-state index contributed by atoms with van der Waals surface area (Å²) in [6, 6.07) is 14.9. The fourth-order valence-corrected chi connectivity index (χ4v) is 4.15. The molecule has 0 bridgehead atoms. The van der Waals surface area contributed by atoms with Gasteiger partial charge in [-0.3, -0.25) is 9.59 Å². The van der Waals surface area contributed by atoms with E-state index in [0.717, 1.165) is 48.6 Å². The molecule has 2 heterocycles. The summed E-state index contributed by atoms with van der Waals surface area (Å²) >= 11 is 0. The maximum absolute atomic E-state index is 13.1. The molecule has 1 N–H and O–H groups in total. The van der Waals surface area contributed by atoms with Crippen LogP contribution in [0.2, 0.25) is 0 Å². The van der Waals surface area contributed by atoms with E-state index in [0.29, 0.717) is 19.4 Å². The van der Waals surface area contributed by atoms with E-state index in [4.69, 9.17) is 9.47 Å². The number of carbonyl (C=O) groups excluding carboxylic acids is 2. The third kappa shape index (κ3) is 4.58. The number of hydrogen-bond acceptors (Lipinski definition) is 4. The van der Waals surface area contributed by atoms with Crippen molar-refractivity contribution in [1.82, 2.24) is 10.2 Å². The second kappa shape index (κ2) is 9.20. The minimum Gasteiger partial charge on any atom is -0.497 e. The molecule has 2 aliphatic rings. The lowest BCUT2D eigenvalue weighted by Gasteiger charge is -2.28. The number of benzene rings is 2. The van der Waals surface area contributed by atoms with Crippen molar-refractivity contribution in [2.75, 3.05) is 26.8 Å². The Bertz CT molecular complexity index is 893. The molecular formula is C24H28N2O4. The number of methoxy groups -OCH3 is 1. The Kier molecular flexibility index (Phi) is 6.21. The van der Waals surface area contributed by atoms with Gasteiger partial charge in [0.05, 0.1) is 13.0 Å². The van der Waals surface area contributed by atoms with Crippen LogP contribution >= 0.6 is 0 Å². The Morgan fingerprint density at radius 3 is 2.67 bits per heavy atom. The Morgan fingerprint density at radius 2 is 1.93 bits per heavy atom. The van der Waals surface area contributed by atoms with Crippen LogP contribution in [-0.2, 0) is 22.4 Å². The lowest BCUT2D eigenvalue weighted by atomic mass is 9.95. The number of likely N-dealkylation sites (tertiary alicyclic amines) is 1. The Labute approximate surface area is 177 Å². The molecule has 2 aromatic carbocycles.